The monoisotopic (exact) mass is 407 g/mol. The molecule has 0 aliphatic carbocycles. The van der Waals surface area contributed by atoms with Crippen molar-refractivity contribution in [3.63, 3.8) is 0 Å². The molecule has 0 saturated heterocycles. The van der Waals surface area contributed by atoms with Crippen LogP contribution < -0.4 is 0 Å². The van der Waals surface area contributed by atoms with E-state index in [1.54, 1.807) is 38.9 Å². The maximum absolute atomic E-state index is 5.17. The lowest BCUT2D eigenvalue weighted by molar-refractivity contribution is 0.876. The topological polar surface area (TPSA) is 12.9 Å². The van der Waals surface area contributed by atoms with Crippen molar-refractivity contribution in [1.82, 2.24) is 4.98 Å². The normalized spacial score (nSPS) is 11.4. The molecule has 0 aliphatic heterocycles. The molecular formula is C29H45N. The number of pyridine rings is 1. The summed E-state index contributed by atoms with van der Waals surface area (Å²) >= 11 is 0. The molecule has 1 nitrogen and oxygen atoms in total. The fraction of sp³-hybridized carbons (Fsp3) is 0.621. The van der Waals surface area contributed by atoms with E-state index in [4.69, 9.17) is 4.98 Å². The summed E-state index contributed by atoms with van der Waals surface area (Å²) < 4.78 is 0. The van der Waals surface area contributed by atoms with Gasteiger partial charge in [0.2, 0.25) is 0 Å². The first kappa shape index (κ1) is 24.6. The predicted molar refractivity (Wildman–Crippen MR) is 134 cm³/mol. The van der Waals surface area contributed by atoms with Gasteiger partial charge in [-0.15, -0.1) is 0 Å². The van der Waals surface area contributed by atoms with E-state index < -0.39 is 0 Å². The van der Waals surface area contributed by atoms with Crippen LogP contribution in [-0.2, 0) is 57.8 Å². The van der Waals surface area contributed by atoms with Crippen LogP contribution in [0.1, 0.15) is 113 Å². The van der Waals surface area contributed by atoms with Crippen molar-refractivity contribution in [2.45, 2.75) is 120 Å². The van der Waals surface area contributed by atoms with Gasteiger partial charge in [0.15, 0.2) is 0 Å². The number of aryl methyl sites for hydroxylation is 2. The minimum absolute atomic E-state index is 1.02. The lowest BCUT2D eigenvalue weighted by Gasteiger charge is -2.29. The van der Waals surface area contributed by atoms with Gasteiger partial charge in [-0.1, -0.05) is 62.3 Å². The first-order chi connectivity index (χ1) is 14.5. The minimum Gasteiger partial charge on any atom is -0.257 e. The summed E-state index contributed by atoms with van der Waals surface area (Å²) in [6.45, 7) is 21.0. The second kappa shape index (κ2) is 11.1. The highest BCUT2D eigenvalue weighted by molar-refractivity contribution is 5.81. The van der Waals surface area contributed by atoms with Crippen molar-refractivity contribution in [3.05, 3.63) is 50.3 Å². The van der Waals surface area contributed by atoms with E-state index in [-0.39, 0.29) is 0 Å². The molecule has 0 aliphatic rings. The van der Waals surface area contributed by atoms with Gasteiger partial charge in [0, 0.05) is 11.4 Å². The Kier molecular flexibility index (Phi) is 9.13. The van der Waals surface area contributed by atoms with Crippen molar-refractivity contribution in [3.8, 4) is 11.1 Å². The van der Waals surface area contributed by atoms with Gasteiger partial charge in [0.1, 0.15) is 0 Å². The van der Waals surface area contributed by atoms with Gasteiger partial charge in [0.25, 0.3) is 0 Å². The maximum Gasteiger partial charge on any atom is 0.0442 e. The minimum atomic E-state index is 1.02. The number of hydrogen-bond donors (Lipinski definition) is 0. The zero-order valence-electron chi connectivity index (χ0n) is 21.3. The van der Waals surface area contributed by atoms with Crippen molar-refractivity contribution >= 4 is 0 Å². The highest BCUT2D eigenvalue weighted by atomic mass is 14.7. The van der Waals surface area contributed by atoms with Crippen LogP contribution in [0.15, 0.2) is 0 Å². The molecule has 0 fully saturated rings. The Morgan fingerprint density at radius 2 is 0.600 bits per heavy atom. The standard InChI is InChI=1S/C29H45N/c1-10-19-20(11-2)22(13-4)28(23(14-5)21(19)12-3)29-24(15-6)26(17-8)30-27(18-9)25(29)16-7/h10-18H2,1-9H3. The lowest BCUT2D eigenvalue weighted by atomic mass is 9.76. The highest BCUT2D eigenvalue weighted by Crippen LogP contribution is 2.42. The number of nitrogens with zero attached hydrogens (tertiary/aromatic N) is 1. The summed E-state index contributed by atoms with van der Waals surface area (Å²) in [5.74, 6) is 0. The molecule has 0 atom stereocenters. The summed E-state index contributed by atoms with van der Waals surface area (Å²) in [5, 5.41) is 0. The maximum atomic E-state index is 5.17. The Morgan fingerprint density at radius 3 is 0.867 bits per heavy atom. The van der Waals surface area contributed by atoms with Crippen molar-refractivity contribution in [2.24, 2.45) is 0 Å². The molecular weight excluding hydrogens is 362 g/mol. The van der Waals surface area contributed by atoms with Crippen molar-refractivity contribution in [1.29, 1.82) is 0 Å². The third kappa shape index (κ3) is 4.10. The van der Waals surface area contributed by atoms with E-state index in [9.17, 15) is 0 Å². The Bertz CT molecular complexity index is 810. The molecule has 1 aromatic carbocycles. The van der Waals surface area contributed by atoms with Gasteiger partial charge in [-0.05, 0) is 108 Å². The van der Waals surface area contributed by atoms with E-state index in [2.05, 4.69) is 62.3 Å². The zero-order valence-corrected chi connectivity index (χ0v) is 21.3. The quantitative estimate of drug-likeness (QED) is 0.391. The number of hydrogen-bond acceptors (Lipinski definition) is 1. The predicted octanol–water partition coefficient (Wildman–Crippen LogP) is 7.81. The molecule has 0 N–H and O–H groups in total. The van der Waals surface area contributed by atoms with Crippen LogP contribution in [0.2, 0.25) is 0 Å². The first-order valence-corrected chi connectivity index (χ1v) is 12.7. The molecule has 0 bridgehead atoms. The average molecular weight is 408 g/mol. The van der Waals surface area contributed by atoms with E-state index >= 15 is 0 Å². The number of rotatable bonds is 10. The lowest BCUT2D eigenvalue weighted by Crippen LogP contribution is -2.14. The summed E-state index contributed by atoms with van der Waals surface area (Å²) in [7, 11) is 0. The van der Waals surface area contributed by atoms with Gasteiger partial charge in [-0.3, -0.25) is 4.98 Å². The molecule has 0 spiro atoms. The second-order valence-electron chi connectivity index (χ2n) is 8.29. The molecule has 166 valence electrons. The Morgan fingerprint density at radius 1 is 0.333 bits per heavy atom. The van der Waals surface area contributed by atoms with Crippen LogP contribution in [0, 0.1) is 0 Å². The van der Waals surface area contributed by atoms with Gasteiger partial charge in [0.05, 0.1) is 0 Å². The summed E-state index contributed by atoms with van der Waals surface area (Å²) in [4.78, 5) is 5.17. The zero-order chi connectivity index (χ0) is 22.4. The van der Waals surface area contributed by atoms with Crippen LogP contribution in [0.4, 0.5) is 0 Å². The van der Waals surface area contributed by atoms with E-state index in [1.807, 2.05) is 0 Å². The molecule has 1 heterocycles. The molecule has 1 heteroatoms. The van der Waals surface area contributed by atoms with Gasteiger partial charge >= 0.3 is 0 Å². The molecule has 2 aromatic rings. The Labute approximate surface area is 186 Å². The van der Waals surface area contributed by atoms with Crippen LogP contribution in [0.25, 0.3) is 11.1 Å². The third-order valence-electron chi connectivity index (χ3n) is 7.03. The molecule has 0 radical (unpaired) electrons. The van der Waals surface area contributed by atoms with Crippen molar-refractivity contribution in [2.75, 3.05) is 0 Å². The Hall–Kier alpha value is -1.63. The Balaban J connectivity index is 3.21. The van der Waals surface area contributed by atoms with Gasteiger partial charge in [-0.25, -0.2) is 0 Å². The van der Waals surface area contributed by atoms with Crippen LogP contribution >= 0.6 is 0 Å². The van der Waals surface area contributed by atoms with Gasteiger partial charge < -0.3 is 0 Å². The molecule has 0 saturated carbocycles. The summed E-state index contributed by atoms with van der Waals surface area (Å²) in [6.07, 6.45) is 9.79. The molecule has 0 amide bonds. The number of aromatic nitrogens is 1. The smallest absolute Gasteiger partial charge is 0.0442 e. The molecule has 30 heavy (non-hydrogen) atoms. The molecule has 1 aromatic heterocycles. The number of benzene rings is 1. The van der Waals surface area contributed by atoms with E-state index in [1.165, 1.54) is 22.5 Å². The largest absolute Gasteiger partial charge is 0.257 e. The van der Waals surface area contributed by atoms with Crippen molar-refractivity contribution < 1.29 is 0 Å². The molecule has 2 rings (SSSR count). The summed E-state index contributed by atoms with van der Waals surface area (Å²) in [5.41, 5.74) is 16.9. The highest BCUT2D eigenvalue weighted by Gasteiger charge is 2.26. The average Bonchev–Trinajstić information content (AvgIpc) is 2.79. The molecule has 0 unspecified atom stereocenters. The fourth-order valence-electron chi connectivity index (χ4n) is 5.81. The van der Waals surface area contributed by atoms with E-state index in [0.29, 0.717) is 0 Å². The summed E-state index contributed by atoms with van der Waals surface area (Å²) in [6, 6.07) is 0. The third-order valence-corrected chi connectivity index (χ3v) is 7.03. The van der Waals surface area contributed by atoms with Crippen LogP contribution in [0.3, 0.4) is 0 Å². The SMILES string of the molecule is CCc1nc(CC)c(CC)c(-c2c(CC)c(CC)c(CC)c(CC)c2CC)c1CC. The van der Waals surface area contributed by atoms with E-state index in [0.717, 1.165) is 57.8 Å². The second-order valence-corrected chi connectivity index (χ2v) is 8.29. The first-order valence-electron chi connectivity index (χ1n) is 12.7. The van der Waals surface area contributed by atoms with Crippen LogP contribution in [-0.4, -0.2) is 4.98 Å². The van der Waals surface area contributed by atoms with Gasteiger partial charge in [-0.2, -0.15) is 0 Å². The fourth-order valence-corrected chi connectivity index (χ4v) is 5.81. The van der Waals surface area contributed by atoms with Crippen LogP contribution in [0.5, 0.6) is 0 Å².